The smallest absolute Gasteiger partial charge is 0.269 e. The predicted octanol–water partition coefficient (Wildman–Crippen LogP) is 1.01. The van der Waals surface area contributed by atoms with Gasteiger partial charge in [0.15, 0.2) is 5.82 Å². The Kier molecular flexibility index (Phi) is 3.30. The minimum absolute atomic E-state index is 0.0572. The summed E-state index contributed by atoms with van der Waals surface area (Å²) in [6, 6.07) is 6.24. The van der Waals surface area contributed by atoms with Crippen molar-refractivity contribution in [2.24, 2.45) is 0 Å². The number of nitro benzene ring substituents is 1. The maximum atomic E-state index is 10.7. The van der Waals surface area contributed by atoms with Gasteiger partial charge >= 0.3 is 0 Å². The van der Waals surface area contributed by atoms with Gasteiger partial charge in [-0.2, -0.15) is 4.68 Å². The molecule has 1 aromatic carbocycles. The third kappa shape index (κ3) is 2.32. The number of aromatic nitrogens is 3. The van der Waals surface area contributed by atoms with Crippen LogP contribution in [0.4, 0.5) is 11.5 Å². The topological polar surface area (TPSA) is 86.3 Å². The minimum atomic E-state index is -0.423. The Balaban J connectivity index is 1.90. The molecule has 0 amide bonds. The fraction of sp³-hybridized carbons (Fsp3) is 0.333. The number of nitrogens with zero attached hydrogens (tertiary/aromatic N) is 5. The quantitative estimate of drug-likeness (QED) is 0.614. The zero-order valence-corrected chi connectivity index (χ0v) is 10.7. The highest BCUT2D eigenvalue weighted by Gasteiger charge is 2.17. The van der Waals surface area contributed by atoms with Crippen LogP contribution in [0, 0.1) is 10.1 Å². The molecule has 0 bridgehead atoms. The number of non-ortho nitro benzene ring substituents is 1. The van der Waals surface area contributed by atoms with Gasteiger partial charge in [0.1, 0.15) is 0 Å². The van der Waals surface area contributed by atoms with Crippen LogP contribution in [-0.2, 0) is 4.74 Å². The van der Waals surface area contributed by atoms with Gasteiger partial charge in [0.25, 0.3) is 5.69 Å². The first-order chi connectivity index (χ1) is 9.75. The summed E-state index contributed by atoms with van der Waals surface area (Å²) in [7, 11) is 0. The fourth-order valence-corrected chi connectivity index (χ4v) is 2.14. The van der Waals surface area contributed by atoms with E-state index in [0.29, 0.717) is 13.2 Å². The minimum Gasteiger partial charge on any atom is -0.378 e. The lowest BCUT2D eigenvalue weighted by molar-refractivity contribution is -0.384. The number of ether oxygens (including phenoxy) is 1. The zero-order valence-electron chi connectivity index (χ0n) is 10.7. The van der Waals surface area contributed by atoms with Crippen molar-refractivity contribution in [2.45, 2.75) is 0 Å². The Hall–Kier alpha value is -2.48. The molecule has 0 radical (unpaired) electrons. The molecule has 8 nitrogen and oxygen atoms in total. The third-order valence-corrected chi connectivity index (χ3v) is 3.17. The summed E-state index contributed by atoms with van der Waals surface area (Å²) in [4.78, 5) is 12.4. The lowest BCUT2D eigenvalue weighted by atomic mass is 10.3. The Labute approximate surface area is 114 Å². The molecule has 1 aliphatic rings. The average Bonchev–Trinajstić information content (AvgIpc) is 2.97. The van der Waals surface area contributed by atoms with E-state index in [1.807, 2.05) is 0 Å². The fourth-order valence-electron chi connectivity index (χ4n) is 2.14. The predicted molar refractivity (Wildman–Crippen MR) is 71.0 cm³/mol. The number of morpholine rings is 1. The molecule has 0 saturated carbocycles. The average molecular weight is 275 g/mol. The normalized spacial score (nSPS) is 15.3. The Bertz CT molecular complexity index is 604. The molecule has 1 saturated heterocycles. The van der Waals surface area contributed by atoms with Crippen molar-refractivity contribution in [1.82, 2.24) is 15.0 Å². The summed E-state index contributed by atoms with van der Waals surface area (Å²) >= 11 is 0. The molecule has 2 aromatic rings. The van der Waals surface area contributed by atoms with Gasteiger partial charge in [0.05, 0.1) is 30.0 Å². The van der Waals surface area contributed by atoms with E-state index >= 15 is 0 Å². The highest BCUT2D eigenvalue weighted by atomic mass is 16.6. The molecule has 1 aromatic heterocycles. The first kappa shape index (κ1) is 12.5. The zero-order chi connectivity index (χ0) is 13.9. The van der Waals surface area contributed by atoms with Gasteiger partial charge in [0.2, 0.25) is 0 Å². The first-order valence-corrected chi connectivity index (χ1v) is 6.24. The van der Waals surface area contributed by atoms with Crippen molar-refractivity contribution in [3.05, 3.63) is 40.6 Å². The van der Waals surface area contributed by atoms with Crippen LogP contribution >= 0.6 is 0 Å². The van der Waals surface area contributed by atoms with Gasteiger partial charge in [-0.3, -0.25) is 10.1 Å². The van der Waals surface area contributed by atoms with E-state index in [4.69, 9.17) is 4.74 Å². The summed E-state index contributed by atoms with van der Waals surface area (Å²) in [6.45, 7) is 2.90. The molecule has 0 aliphatic carbocycles. The molecule has 1 aliphatic heterocycles. The summed E-state index contributed by atoms with van der Waals surface area (Å²) in [6.07, 6.45) is 1.69. The van der Waals surface area contributed by atoms with Crippen molar-refractivity contribution in [3.63, 3.8) is 0 Å². The summed E-state index contributed by atoms with van der Waals surface area (Å²) < 4.78 is 6.99. The van der Waals surface area contributed by atoms with Crippen molar-refractivity contribution in [2.75, 3.05) is 31.2 Å². The number of rotatable bonds is 3. The molecular weight excluding hydrogens is 262 g/mol. The third-order valence-electron chi connectivity index (χ3n) is 3.17. The molecule has 0 unspecified atom stereocenters. The van der Waals surface area contributed by atoms with Crippen LogP contribution in [0.3, 0.4) is 0 Å². The van der Waals surface area contributed by atoms with Crippen LogP contribution in [0.5, 0.6) is 0 Å². The van der Waals surface area contributed by atoms with Crippen molar-refractivity contribution >= 4 is 11.5 Å². The van der Waals surface area contributed by atoms with Gasteiger partial charge in [-0.1, -0.05) is 5.21 Å². The maximum Gasteiger partial charge on any atom is 0.269 e. The largest absolute Gasteiger partial charge is 0.378 e. The number of benzene rings is 1. The van der Waals surface area contributed by atoms with Crippen LogP contribution in [0.15, 0.2) is 30.5 Å². The second kappa shape index (κ2) is 5.25. The van der Waals surface area contributed by atoms with Crippen LogP contribution in [0.25, 0.3) is 5.69 Å². The maximum absolute atomic E-state index is 10.7. The van der Waals surface area contributed by atoms with Gasteiger partial charge in [-0.15, -0.1) is 5.10 Å². The van der Waals surface area contributed by atoms with Crippen molar-refractivity contribution < 1.29 is 9.66 Å². The summed E-state index contributed by atoms with van der Waals surface area (Å²) in [5.41, 5.74) is 0.802. The van der Waals surface area contributed by atoms with E-state index in [1.54, 1.807) is 23.0 Å². The number of nitro groups is 1. The second-order valence-corrected chi connectivity index (χ2v) is 4.38. The van der Waals surface area contributed by atoms with Crippen LogP contribution in [-0.4, -0.2) is 46.2 Å². The second-order valence-electron chi connectivity index (χ2n) is 4.38. The first-order valence-electron chi connectivity index (χ1n) is 6.24. The van der Waals surface area contributed by atoms with Crippen LogP contribution in [0.2, 0.25) is 0 Å². The van der Waals surface area contributed by atoms with E-state index in [1.165, 1.54) is 12.1 Å². The lowest BCUT2D eigenvalue weighted by Gasteiger charge is -2.28. The molecule has 2 heterocycles. The van der Waals surface area contributed by atoms with E-state index in [-0.39, 0.29) is 5.69 Å². The summed E-state index contributed by atoms with van der Waals surface area (Å²) in [5, 5.41) is 18.6. The monoisotopic (exact) mass is 275 g/mol. The number of hydrogen-bond acceptors (Lipinski definition) is 6. The Morgan fingerprint density at radius 2 is 1.90 bits per heavy atom. The van der Waals surface area contributed by atoms with E-state index < -0.39 is 4.92 Å². The van der Waals surface area contributed by atoms with Gasteiger partial charge in [-0.05, 0) is 12.1 Å². The number of anilines is 1. The molecule has 0 atom stereocenters. The SMILES string of the molecule is O=[N+]([O-])c1ccc(-n2nncc2N2CCOCC2)cc1. The van der Waals surface area contributed by atoms with Crippen molar-refractivity contribution in [1.29, 1.82) is 0 Å². The highest BCUT2D eigenvalue weighted by molar-refractivity contribution is 5.48. The van der Waals surface area contributed by atoms with Crippen LogP contribution in [0.1, 0.15) is 0 Å². The van der Waals surface area contributed by atoms with Crippen molar-refractivity contribution in [3.8, 4) is 5.69 Å². The molecule has 1 fully saturated rings. The van der Waals surface area contributed by atoms with Crippen LogP contribution < -0.4 is 4.90 Å². The van der Waals surface area contributed by atoms with Gasteiger partial charge < -0.3 is 9.64 Å². The van der Waals surface area contributed by atoms with E-state index in [9.17, 15) is 10.1 Å². The Morgan fingerprint density at radius 3 is 2.55 bits per heavy atom. The van der Waals surface area contributed by atoms with E-state index in [2.05, 4.69) is 15.2 Å². The standard InChI is InChI=1S/C12H13N5O3/c18-17(19)11-3-1-10(2-4-11)16-12(9-13-14-16)15-5-7-20-8-6-15/h1-4,9H,5-8H2. The molecule has 104 valence electrons. The molecule has 3 rings (SSSR count). The van der Waals surface area contributed by atoms with E-state index in [0.717, 1.165) is 24.6 Å². The lowest BCUT2D eigenvalue weighted by Crippen LogP contribution is -2.37. The highest BCUT2D eigenvalue weighted by Crippen LogP contribution is 2.21. The van der Waals surface area contributed by atoms with Gasteiger partial charge in [0, 0.05) is 25.2 Å². The molecule has 20 heavy (non-hydrogen) atoms. The summed E-state index contributed by atoms with van der Waals surface area (Å²) in [5.74, 6) is 0.863. The number of hydrogen-bond donors (Lipinski definition) is 0. The molecule has 0 N–H and O–H groups in total. The van der Waals surface area contributed by atoms with Gasteiger partial charge in [-0.25, -0.2) is 0 Å². The molecule has 8 heteroatoms. The molecule has 0 spiro atoms. The molecular formula is C12H13N5O3. The Morgan fingerprint density at radius 1 is 1.20 bits per heavy atom.